The Balaban J connectivity index is 0.829. The van der Waals surface area contributed by atoms with Crippen molar-refractivity contribution in [2.24, 2.45) is 10.9 Å². The fourth-order valence-corrected chi connectivity index (χ4v) is 8.47. The Hall–Kier alpha value is -5.65. The van der Waals surface area contributed by atoms with Gasteiger partial charge in [0.1, 0.15) is 5.69 Å². The Kier molecular flexibility index (Phi) is 6.81. The number of amides is 3. The van der Waals surface area contributed by atoms with Crippen LogP contribution in [-0.4, -0.2) is 82.3 Å². The maximum atomic E-state index is 13.8. The third-order valence-corrected chi connectivity index (χ3v) is 10.9. The molecule has 12 heteroatoms. The number of carbonyl (C=O) groups is 4. The lowest BCUT2D eigenvalue weighted by molar-refractivity contribution is -0.116. The molecule has 2 aliphatic carbocycles. The van der Waals surface area contributed by atoms with Crippen molar-refractivity contribution in [3.05, 3.63) is 82.4 Å². The zero-order chi connectivity index (χ0) is 34.3. The van der Waals surface area contributed by atoms with Gasteiger partial charge < -0.3 is 34.6 Å². The van der Waals surface area contributed by atoms with Crippen LogP contribution in [0, 0.1) is 12.8 Å². The molecular weight excluding hydrogens is 636 g/mol. The number of allylic oxidation sites excluding steroid dienone is 2. The van der Waals surface area contributed by atoms with E-state index in [-0.39, 0.29) is 48.0 Å². The van der Waals surface area contributed by atoms with Gasteiger partial charge in [0.2, 0.25) is 11.7 Å². The highest BCUT2D eigenvalue weighted by Crippen LogP contribution is 2.67. The van der Waals surface area contributed by atoms with Gasteiger partial charge >= 0.3 is 0 Å². The summed E-state index contributed by atoms with van der Waals surface area (Å²) < 4.78 is 11.5. The lowest BCUT2D eigenvalue weighted by atomic mass is 9.83. The summed E-state index contributed by atoms with van der Waals surface area (Å²) in [5.74, 6) is 0.741. The van der Waals surface area contributed by atoms with Gasteiger partial charge in [-0.3, -0.25) is 24.2 Å². The fraction of sp³-hybridized carbons (Fsp3) is 0.342. The highest BCUT2D eigenvalue weighted by atomic mass is 16.5. The third-order valence-electron chi connectivity index (χ3n) is 10.9. The number of hydrogen-bond donors (Lipinski definition) is 3. The van der Waals surface area contributed by atoms with Crippen LogP contribution < -0.4 is 14.8 Å². The largest absolute Gasteiger partial charge is 0.493 e. The number of methoxy groups -OCH3 is 1. The number of aromatic nitrogens is 2. The first kappa shape index (κ1) is 30.4. The first-order valence-electron chi connectivity index (χ1n) is 17.1. The van der Waals surface area contributed by atoms with E-state index in [1.807, 2.05) is 36.4 Å². The molecule has 2 aromatic heterocycles. The minimum atomic E-state index is -0.254. The Morgan fingerprint density at radius 2 is 2.02 bits per heavy atom. The average molecular weight is 673 g/mol. The number of likely N-dealkylation sites (tertiary alicyclic amines) is 1. The summed E-state index contributed by atoms with van der Waals surface area (Å²) in [6.07, 6.45) is 8.85. The quantitative estimate of drug-likeness (QED) is 0.213. The molecule has 2 aromatic carbocycles. The van der Waals surface area contributed by atoms with Gasteiger partial charge in [-0.25, -0.2) is 0 Å². The molecule has 12 nitrogen and oxygen atoms in total. The molecule has 3 N–H and O–H groups in total. The van der Waals surface area contributed by atoms with E-state index < -0.39 is 0 Å². The van der Waals surface area contributed by atoms with E-state index in [1.54, 1.807) is 35.2 Å². The number of anilines is 1. The van der Waals surface area contributed by atoms with Gasteiger partial charge in [-0.15, -0.1) is 0 Å². The first-order valence-corrected chi connectivity index (χ1v) is 17.1. The van der Waals surface area contributed by atoms with Crippen molar-refractivity contribution in [3.8, 4) is 11.5 Å². The molecule has 2 saturated heterocycles. The maximum Gasteiger partial charge on any atom is 0.274 e. The molecular formula is C38H36N6O6. The lowest BCUT2D eigenvalue weighted by Crippen LogP contribution is -2.35. The number of H-pyrrole nitrogens is 2. The van der Waals surface area contributed by atoms with E-state index in [0.29, 0.717) is 58.7 Å². The Bertz CT molecular complexity index is 2210. The summed E-state index contributed by atoms with van der Waals surface area (Å²) in [5.41, 5.74) is 6.18. The topological polar surface area (TPSA) is 149 Å². The molecule has 4 aromatic rings. The van der Waals surface area contributed by atoms with Crippen molar-refractivity contribution in [3.63, 3.8) is 0 Å². The summed E-state index contributed by atoms with van der Waals surface area (Å²) in [7, 11) is 1.53. The van der Waals surface area contributed by atoms with Crippen molar-refractivity contribution in [2.75, 3.05) is 32.1 Å². The van der Waals surface area contributed by atoms with Gasteiger partial charge in [-0.2, -0.15) is 0 Å². The van der Waals surface area contributed by atoms with Gasteiger partial charge in [-0.05, 0) is 80.0 Å². The predicted octanol–water partition coefficient (Wildman–Crippen LogP) is 5.43. The summed E-state index contributed by atoms with van der Waals surface area (Å²) in [5, 5.41) is 3.74. The van der Waals surface area contributed by atoms with Crippen LogP contribution in [0.1, 0.15) is 74.6 Å². The number of nitrogens with one attached hydrogen (secondary N) is 3. The maximum absolute atomic E-state index is 13.8. The molecule has 254 valence electrons. The molecule has 9 rings (SSSR count). The smallest absolute Gasteiger partial charge is 0.274 e. The lowest BCUT2D eigenvalue weighted by Gasteiger charge is -2.28. The fourth-order valence-electron chi connectivity index (χ4n) is 8.47. The number of carbonyl (C=O) groups excluding carboxylic acids is 4. The molecule has 1 spiro atoms. The number of piperidine rings is 1. The second kappa shape index (κ2) is 11.2. The minimum absolute atomic E-state index is 0.0145. The summed E-state index contributed by atoms with van der Waals surface area (Å²) in [6, 6.07) is 10.7. The number of benzene rings is 2. The van der Waals surface area contributed by atoms with E-state index >= 15 is 0 Å². The Labute approximate surface area is 287 Å². The van der Waals surface area contributed by atoms with Gasteiger partial charge in [0.25, 0.3) is 11.8 Å². The standard InChI is InChI=1S/C38H36N6O6/c1-20-17-40-35-29(45)15-32-38(34(20)35)16-22(38)19-44(32)37(48)28-12-21-11-23(7-8-26(21)42-28)41-33(46)6-4-10-50-31-14-27-25(13-30(31)49-2)36(47)43-9-3-5-24(43)18-39-27/h7-8,11-15,17-18,22,24,40,42H,3-6,9-10,16,19H2,1-2H3,(H,41,46)/t22-,24+,38+/m1/s1. The normalized spacial score (nSPS) is 22.7. The van der Waals surface area contributed by atoms with Crippen molar-refractivity contribution < 1.29 is 28.7 Å². The number of aromatic amines is 2. The SMILES string of the molecule is COc1cc2c(cc1OCCCC(=O)Nc1ccc3[nH]c(C(=O)N4C[C@H]5C[C@@]56C4=CC(=O)c4[nH]cc(C)c46)cc3c1)N=C[C@@H]1CCCN1C2=O. The van der Waals surface area contributed by atoms with Crippen LogP contribution in [-0.2, 0) is 10.2 Å². The molecule has 3 aliphatic heterocycles. The third kappa shape index (κ3) is 4.61. The van der Waals surface area contributed by atoms with Crippen LogP contribution >= 0.6 is 0 Å². The average Bonchev–Trinajstić information content (AvgIpc) is 3.55. The Morgan fingerprint density at radius 3 is 2.88 bits per heavy atom. The van der Waals surface area contributed by atoms with Crippen LogP contribution in [0.15, 0.2) is 59.4 Å². The molecule has 3 atom stereocenters. The second-order valence-corrected chi connectivity index (χ2v) is 13.9. The molecule has 0 radical (unpaired) electrons. The number of ketones is 1. The van der Waals surface area contributed by atoms with Crippen molar-refractivity contribution >= 4 is 52.0 Å². The number of aryl methyl sites for hydroxylation is 1. The van der Waals surface area contributed by atoms with E-state index in [0.717, 1.165) is 53.5 Å². The number of nitrogens with zero attached hydrogens (tertiary/aromatic N) is 3. The predicted molar refractivity (Wildman–Crippen MR) is 186 cm³/mol. The van der Waals surface area contributed by atoms with E-state index in [2.05, 4.69) is 20.3 Å². The van der Waals surface area contributed by atoms with Crippen molar-refractivity contribution in [1.29, 1.82) is 0 Å². The van der Waals surface area contributed by atoms with Gasteiger partial charge in [0, 0.05) is 71.8 Å². The molecule has 50 heavy (non-hydrogen) atoms. The Morgan fingerprint density at radius 1 is 1.14 bits per heavy atom. The van der Waals surface area contributed by atoms with Crippen molar-refractivity contribution in [1.82, 2.24) is 19.8 Å². The number of hydrogen-bond acceptors (Lipinski definition) is 7. The number of fused-ring (bicyclic) bond motifs is 4. The molecule has 0 unspecified atom stereocenters. The van der Waals surface area contributed by atoms with Crippen molar-refractivity contribution in [2.45, 2.75) is 50.5 Å². The van der Waals surface area contributed by atoms with E-state index in [1.165, 1.54) is 7.11 Å². The summed E-state index contributed by atoms with van der Waals surface area (Å²) >= 11 is 0. The van der Waals surface area contributed by atoms with Crippen LogP contribution in [0.3, 0.4) is 0 Å². The van der Waals surface area contributed by atoms with Crippen LogP contribution in [0.4, 0.5) is 11.4 Å². The van der Waals surface area contributed by atoms with Crippen LogP contribution in [0.2, 0.25) is 0 Å². The zero-order valence-corrected chi connectivity index (χ0v) is 27.8. The molecule has 5 heterocycles. The minimum Gasteiger partial charge on any atom is -0.493 e. The monoisotopic (exact) mass is 672 g/mol. The second-order valence-electron chi connectivity index (χ2n) is 13.9. The highest BCUT2D eigenvalue weighted by molar-refractivity contribution is 6.09. The summed E-state index contributed by atoms with van der Waals surface area (Å²) in [4.78, 5) is 67.3. The molecule has 3 amide bonds. The zero-order valence-electron chi connectivity index (χ0n) is 27.8. The van der Waals surface area contributed by atoms with Gasteiger partial charge in [-0.1, -0.05) is 0 Å². The summed E-state index contributed by atoms with van der Waals surface area (Å²) in [6.45, 7) is 3.58. The first-order chi connectivity index (χ1) is 24.2. The van der Waals surface area contributed by atoms with E-state index in [9.17, 15) is 19.2 Å². The molecule has 3 fully saturated rings. The molecule has 5 aliphatic rings. The number of rotatable bonds is 8. The van der Waals surface area contributed by atoms with Gasteiger partial charge in [0.05, 0.1) is 36.7 Å². The highest BCUT2D eigenvalue weighted by Gasteiger charge is 2.68. The molecule has 0 bridgehead atoms. The number of aliphatic imine (C=N–C) groups is 1. The van der Waals surface area contributed by atoms with Crippen LogP contribution in [0.25, 0.3) is 10.9 Å². The van der Waals surface area contributed by atoms with Crippen LogP contribution in [0.5, 0.6) is 11.5 Å². The van der Waals surface area contributed by atoms with E-state index in [4.69, 9.17) is 9.47 Å². The van der Waals surface area contributed by atoms with Gasteiger partial charge in [0.15, 0.2) is 11.5 Å². The number of ether oxygens (including phenoxy) is 2. The molecule has 1 saturated carbocycles.